The van der Waals surface area contributed by atoms with E-state index in [1.807, 2.05) is 31.2 Å². The van der Waals surface area contributed by atoms with E-state index in [4.69, 9.17) is 0 Å². The molecule has 3 aromatic heterocycles. The summed E-state index contributed by atoms with van der Waals surface area (Å²) in [5.41, 5.74) is 3.14. The van der Waals surface area contributed by atoms with Crippen LogP contribution in [0.3, 0.4) is 0 Å². The molecule has 4 heterocycles. The monoisotopic (exact) mass is 349 g/mol. The molecule has 1 atom stereocenters. The molecular formula is C19H23N7. The van der Waals surface area contributed by atoms with Crippen molar-refractivity contribution in [1.82, 2.24) is 30.0 Å². The minimum Gasteiger partial charge on any atom is -0.323 e. The molecule has 1 aliphatic rings. The Bertz CT molecular complexity index is 847. The number of anilines is 2. The molecule has 1 fully saturated rings. The number of nitrogens with zero attached hydrogens (tertiary/aromatic N) is 5. The lowest BCUT2D eigenvalue weighted by Gasteiger charge is -2.32. The fraction of sp³-hybridized carbons (Fsp3) is 0.368. The van der Waals surface area contributed by atoms with E-state index in [1.165, 1.54) is 0 Å². The average Bonchev–Trinajstić information content (AvgIpc) is 3.15. The molecule has 7 nitrogen and oxygen atoms in total. The van der Waals surface area contributed by atoms with Crippen LogP contribution in [-0.2, 0) is 6.54 Å². The topological polar surface area (TPSA) is 82.6 Å². The number of H-pyrrole nitrogens is 1. The van der Waals surface area contributed by atoms with Crippen LogP contribution in [0.4, 0.5) is 11.6 Å². The van der Waals surface area contributed by atoms with Crippen LogP contribution in [0.25, 0.3) is 0 Å². The van der Waals surface area contributed by atoms with Gasteiger partial charge in [-0.3, -0.25) is 15.0 Å². The maximum Gasteiger partial charge on any atom is 0.153 e. The molecule has 0 unspecified atom stereocenters. The SMILES string of the molecule is Cc1cccc(Nc2nccnc2[C@@H]2CCCN(Cc3ccn[nH]3)C2)n1. The van der Waals surface area contributed by atoms with E-state index in [0.29, 0.717) is 5.92 Å². The number of pyridine rings is 1. The lowest BCUT2D eigenvalue weighted by Crippen LogP contribution is -2.34. The lowest BCUT2D eigenvalue weighted by molar-refractivity contribution is 0.196. The van der Waals surface area contributed by atoms with E-state index >= 15 is 0 Å². The van der Waals surface area contributed by atoms with Crippen molar-refractivity contribution in [1.29, 1.82) is 0 Å². The Hall–Kier alpha value is -2.80. The van der Waals surface area contributed by atoms with Crippen LogP contribution in [0.1, 0.15) is 35.8 Å². The van der Waals surface area contributed by atoms with Gasteiger partial charge in [0.15, 0.2) is 5.82 Å². The second-order valence-corrected chi connectivity index (χ2v) is 6.74. The van der Waals surface area contributed by atoms with Crippen LogP contribution in [0.5, 0.6) is 0 Å². The molecule has 0 spiro atoms. The Labute approximate surface area is 152 Å². The highest BCUT2D eigenvalue weighted by Crippen LogP contribution is 2.30. The summed E-state index contributed by atoms with van der Waals surface area (Å²) in [7, 11) is 0. The number of rotatable bonds is 5. The molecule has 0 aliphatic carbocycles. The summed E-state index contributed by atoms with van der Waals surface area (Å²) in [6.45, 7) is 4.93. The van der Waals surface area contributed by atoms with Crippen LogP contribution < -0.4 is 5.32 Å². The van der Waals surface area contributed by atoms with Crippen molar-refractivity contribution in [2.24, 2.45) is 0 Å². The third-order valence-corrected chi connectivity index (χ3v) is 4.71. The number of nitrogens with one attached hydrogen (secondary N) is 2. The van der Waals surface area contributed by atoms with Gasteiger partial charge < -0.3 is 5.32 Å². The van der Waals surface area contributed by atoms with Crippen molar-refractivity contribution in [2.75, 3.05) is 18.4 Å². The molecule has 0 radical (unpaired) electrons. The Balaban J connectivity index is 1.51. The van der Waals surface area contributed by atoms with Crippen LogP contribution in [0, 0.1) is 6.92 Å². The van der Waals surface area contributed by atoms with Gasteiger partial charge in [0, 0.05) is 49.0 Å². The minimum absolute atomic E-state index is 0.354. The van der Waals surface area contributed by atoms with Gasteiger partial charge in [-0.25, -0.2) is 9.97 Å². The number of hydrogen-bond donors (Lipinski definition) is 2. The molecule has 1 aliphatic heterocycles. The summed E-state index contributed by atoms with van der Waals surface area (Å²) in [4.78, 5) is 16.2. The van der Waals surface area contributed by atoms with E-state index in [-0.39, 0.29) is 0 Å². The average molecular weight is 349 g/mol. The minimum atomic E-state index is 0.354. The summed E-state index contributed by atoms with van der Waals surface area (Å²) >= 11 is 0. The van der Waals surface area contributed by atoms with Crippen LogP contribution in [0.15, 0.2) is 42.9 Å². The number of aryl methyl sites for hydroxylation is 1. The van der Waals surface area contributed by atoms with Crippen molar-refractivity contribution in [3.63, 3.8) is 0 Å². The molecule has 0 bridgehead atoms. The van der Waals surface area contributed by atoms with E-state index in [0.717, 1.165) is 61.2 Å². The first-order valence-electron chi connectivity index (χ1n) is 9.00. The van der Waals surface area contributed by atoms with Gasteiger partial charge in [-0.2, -0.15) is 5.10 Å². The Morgan fingerprint density at radius 1 is 1.19 bits per heavy atom. The molecule has 1 saturated heterocycles. The van der Waals surface area contributed by atoms with Gasteiger partial charge in [-0.1, -0.05) is 6.07 Å². The van der Waals surface area contributed by atoms with Gasteiger partial charge in [0.1, 0.15) is 5.82 Å². The maximum absolute atomic E-state index is 4.65. The first-order chi connectivity index (χ1) is 12.8. The van der Waals surface area contributed by atoms with Crippen LogP contribution in [-0.4, -0.2) is 43.1 Å². The van der Waals surface area contributed by atoms with Crippen molar-refractivity contribution < 1.29 is 0 Å². The molecule has 26 heavy (non-hydrogen) atoms. The van der Waals surface area contributed by atoms with Gasteiger partial charge in [0.2, 0.25) is 0 Å². The van der Waals surface area contributed by atoms with E-state index in [9.17, 15) is 0 Å². The van der Waals surface area contributed by atoms with Crippen molar-refractivity contribution in [3.8, 4) is 0 Å². The lowest BCUT2D eigenvalue weighted by atomic mass is 9.94. The van der Waals surface area contributed by atoms with Gasteiger partial charge in [0.25, 0.3) is 0 Å². The summed E-state index contributed by atoms with van der Waals surface area (Å²) in [6, 6.07) is 7.96. The molecule has 7 heteroatoms. The highest BCUT2D eigenvalue weighted by atomic mass is 15.2. The van der Waals surface area contributed by atoms with Gasteiger partial charge >= 0.3 is 0 Å². The standard InChI is InChI=1S/C19H23N7/c1-14-4-2-6-17(23-14)24-19-18(20-9-10-21-19)15-5-3-11-26(12-15)13-16-7-8-22-25-16/h2,4,6-10,15H,3,5,11-13H2,1H3,(H,22,25)(H,21,23,24)/t15-/m1/s1. The number of likely N-dealkylation sites (tertiary alicyclic amines) is 1. The summed E-state index contributed by atoms with van der Waals surface area (Å²) in [5.74, 6) is 1.96. The number of aromatic amines is 1. The molecule has 0 amide bonds. The zero-order valence-electron chi connectivity index (χ0n) is 14.9. The van der Waals surface area contributed by atoms with Gasteiger partial charge in [-0.05, 0) is 44.5 Å². The highest BCUT2D eigenvalue weighted by molar-refractivity contribution is 5.55. The second kappa shape index (κ2) is 7.61. The predicted molar refractivity (Wildman–Crippen MR) is 100 cm³/mol. The largest absolute Gasteiger partial charge is 0.323 e. The molecule has 3 aromatic rings. The van der Waals surface area contributed by atoms with Crippen molar-refractivity contribution >= 4 is 11.6 Å². The second-order valence-electron chi connectivity index (χ2n) is 6.74. The normalized spacial score (nSPS) is 18.0. The number of hydrogen-bond acceptors (Lipinski definition) is 6. The molecule has 134 valence electrons. The predicted octanol–water partition coefficient (Wildman–Crippen LogP) is 3.03. The maximum atomic E-state index is 4.65. The quantitative estimate of drug-likeness (QED) is 0.737. The smallest absolute Gasteiger partial charge is 0.153 e. The third-order valence-electron chi connectivity index (χ3n) is 4.71. The van der Waals surface area contributed by atoms with Crippen molar-refractivity contribution in [2.45, 2.75) is 32.2 Å². The molecule has 2 N–H and O–H groups in total. The Morgan fingerprint density at radius 2 is 2.12 bits per heavy atom. The van der Waals surface area contributed by atoms with Gasteiger partial charge in [0.05, 0.1) is 5.69 Å². The molecule has 4 rings (SSSR count). The highest BCUT2D eigenvalue weighted by Gasteiger charge is 2.25. The molecular weight excluding hydrogens is 326 g/mol. The molecule has 0 saturated carbocycles. The first kappa shape index (κ1) is 16.7. The van der Waals surface area contributed by atoms with E-state index in [1.54, 1.807) is 18.6 Å². The number of piperidine rings is 1. The summed E-state index contributed by atoms with van der Waals surface area (Å²) < 4.78 is 0. The summed E-state index contributed by atoms with van der Waals surface area (Å²) in [5, 5.41) is 10.4. The first-order valence-corrected chi connectivity index (χ1v) is 9.00. The zero-order valence-corrected chi connectivity index (χ0v) is 14.9. The Kier molecular flexibility index (Phi) is 4.88. The van der Waals surface area contributed by atoms with Crippen molar-refractivity contribution in [3.05, 3.63) is 59.9 Å². The van der Waals surface area contributed by atoms with Crippen LogP contribution >= 0.6 is 0 Å². The molecule has 0 aromatic carbocycles. The van der Waals surface area contributed by atoms with Crippen LogP contribution in [0.2, 0.25) is 0 Å². The third kappa shape index (κ3) is 3.88. The van der Waals surface area contributed by atoms with E-state index < -0.39 is 0 Å². The fourth-order valence-electron chi connectivity index (χ4n) is 3.51. The fourth-order valence-corrected chi connectivity index (χ4v) is 3.51. The number of aromatic nitrogens is 5. The van der Waals surface area contributed by atoms with E-state index in [2.05, 4.69) is 35.4 Å². The zero-order chi connectivity index (χ0) is 17.8. The Morgan fingerprint density at radius 3 is 2.96 bits per heavy atom. The summed E-state index contributed by atoms with van der Waals surface area (Å²) in [6.07, 6.45) is 7.58. The van der Waals surface area contributed by atoms with Gasteiger partial charge in [-0.15, -0.1) is 0 Å².